The Hall–Kier alpha value is -1.79. The largest absolute Gasteiger partial charge is 0.296 e. The van der Waals surface area contributed by atoms with Crippen LogP contribution < -0.4 is 0 Å². The van der Waals surface area contributed by atoms with E-state index in [0.717, 1.165) is 15.5 Å². The molecule has 0 radical (unpaired) electrons. The lowest BCUT2D eigenvalue weighted by molar-refractivity contribution is -0.0759. The number of aromatic nitrogens is 1. The zero-order chi connectivity index (χ0) is 13.1. The lowest BCUT2D eigenvalue weighted by atomic mass is 10.2. The fraction of sp³-hybridized carbons (Fsp3) is 0.167. The van der Waals surface area contributed by atoms with Gasteiger partial charge in [0, 0.05) is 7.05 Å². The van der Waals surface area contributed by atoms with E-state index in [1.54, 1.807) is 18.2 Å². The van der Waals surface area contributed by atoms with Gasteiger partial charge in [-0.1, -0.05) is 12.1 Å². The van der Waals surface area contributed by atoms with Gasteiger partial charge in [0.25, 0.3) is 5.91 Å². The molecule has 18 heavy (non-hydrogen) atoms. The Kier molecular flexibility index (Phi) is 3.69. The summed E-state index contributed by atoms with van der Waals surface area (Å²) in [6, 6.07) is 7.71. The number of halogens is 1. The molecule has 0 N–H and O–H groups in total. The van der Waals surface area contributed by atoms with Gasteiger partial charge in [0.15, 0.2) is 0 Å². The predicted molar refractivity (Wildman–Crippen MR) is 66.6 cm³/mol. The van der Waals surface area contributed by atoms with E-state index in [4.69, 9.17) is 4.84 Å². The van der Waals surface area contributed by atoms with Gasteiger partial charge in [0.2, 0.25) is 0 Å². The highest BCUT2D eigenvalue weighted by Gasteiger charge is 2.15. The van der Waals surface area contributed by atoms with Crippen LogP contribution in [0.15, 0.2) is 30.3 Å². The Labute approximate surface area is 108 Å². The molecule has 0 atom stereocenters. The third-order valence-electron chi connectivity index (χ3n) is 2.42. The van der Waals surface area contributed by atoms with E-state index in [-0.39, 0.29) is 11.7 Å². The van der Waals surface area contributed by atoms with Crippen LogP contribution in [-0.2, 0) is 4.84 Å². The maximum absolute atomic E-state index is 12.8. The van der Waals surface area contributed by atoms with Crippen LogP contribution in [0.3, 0.4) is 0 Å². The highest BCUT2D eigenvalue weighted by atomic mass is 32.1. The molecule has 0 bridgehead atoms. The number of rotatable bonds is 3. The fourth-order valence-corrected chi connectivity index (χ4v) is 2.10. The molecular weight excluding hydrogens is 255 g/mol. The van der Waals surface area contributed by atoms with Crippen LogP contribution >= 0.6 is 11.5 Å². The predicted octanol–water partition coefficient (Wildman–Crippen LogP) is 2.58. The maximum atomic E-state index is 12.8. The SMILES string of the molecule is CON(C)C(=O)c1cc(-c2ccc(F)cc2)sn1. The number of benzene rings is 1. The van der Waals surface area contributed by atoms with Gasteiger partial charge < -0.3 is 0 Å². The molecule has 0 saturated heterocycles. The molecule has 1 aromatic heterocycles. The van der Waals surface area contributed by atoms with Crippen LogP contribution in [0, 0.1) is 5.82 Å². The zero-order valence-corrected chi connectivity index (χ0v) is 10.7. The monoisotopic (exact) mass is 266 g/mol. The van der Waals surface area contributed by atoms with Crippen LogP contribution in [0.1, 0.15) is 10.5 Å². The summed E-state index contributed by atoms with van der Waals surface area (Å²) >= 11 is 1.19. The average molecular weight is 266 g/mol. The van der Waals surface area contributed by atoms with Crippen molar-refractivity contribution in [2.75, 3.05) is 14.2 Å². The van der Waals surface area contributed by atoms with E-state index in [1.165, 1.54) is 37.8 Å². The van der Waals surface area contributed by atoms with Crippen LogP contribution in [0.4, 0.5) is 4.39 Å². The molecule has 1 heterocycles. The number of carbonyl (C=O) groups is 1. The van der Waals surface area contributed by atoms with Crippen molar-refractivity contribution in [3.05, 3.63) is 41.8 Å². The highest BCUT2D eigenvalue weighted by molar-refractivity contribution is 7.09. The van der Waals surface area contributed by atoms with Crippen molar-refractivity contribution in [2.24, 2.45) is 0 Å². The molecule has 0 spiro atoms. The molecule has 0 unspecified atom stereocenters. The molecule has 0 aliphatic carbocycles. The standard InChI is InChI=1S/C12H11FN2O2S/c1-15(17-2)12(16)10-7-11(18-14-10)8-3-5-9(13)6-4-8/h3-7H,1-2H3. The summed E-state index contributed by atoms with van der Waals surface area (Å²) < 4.78 is 16.9. The molecule has 2 rings (SSSR count). The van der Waals surface area contributed by atoms with Crippen molar-refractivity contribution in [3.8, 4) is 10.4 Å². The van der Waals surface area contributed by atoms with Gasteiger partial charge in [-0.05, 0) is 35.3 Å². The molecule has 2 aromatic rings. The van der Waals surface area contributed by atoms with Crippen molar-refractivity contribution >= 4 is 17.4 Å². The highest BCUT2D eigenvalue weighted by Crippen LogP contribution is 2.25. The smallest absolute Gasteiger partial charge is 0.274 e. The number of amides is 1. The Morgan fingerprint density at radius 3 is 2.67 bits per heavy atom. The topological polar surface area (TPSA) is 42.4 Å². The van der Waals surface area contributed by atoms with E-state index >= 15 is 0 Å². The first kappa shape index (κ1) is 12.7. The first-order valence-electron chi connectivity index (χ1n) is 5.16. The molecule has 94 valence electrons. The molecule has 0 aliphatic heterocycles. The zero-order valence-electron chi connectivity index (χ0n) is 9.88. The lowest BCUT2D eigenvalue weighted by Gasteiger charge is -2.10. The lowest BCUT2D eigenvalue weighted by Crippen LogP contribution is -2.25. The summed E-state index contributed by atoms with van der Waals surface area (Å²) in [5, 5.41) is 1.10. The van der Waals surface area contributed by atoms with Crippen LogP contribution in [-0.4, -0.2) is 29.5 Å². The molecule has 0 fully saturated rings. The van der Waals surface area contributed by atoms with E-state index in [1.807, 2.05) is 0 Å². The number of carbonyl (C=O) groups excluding carboxylic acids is 1. The summed E-state index contributed by atoms with van der Waals surface area (Å²) in [5.41, 5.74) is 1.14. The summed E-state index contributed by atoms with van der Waals surface area (Å²) in [4.78, 5) is 17.4. The van der Waals surface area contributed by atoms with E-state index in [0.29, 0.717) is 5.69 Å². The summed E-state index contributed by atoms with van der Waals surface area (Å²) in [6.45, 7) is 0. The minimum atomic E-state index is -0.317. The molecule has 6 heteroatoms. The van der Waals surface area contributed by atoms with Gasteiger partial charge in [0.05, 0.1) is 12.0 Å². The summed E-state index contributed by atoms with van der Waals surface area (Å²) in [6.07, 6.45) is 0. The summed E-state index contributed by atoms with van der Waals surface area (Å²) in [7, 11) is 2.92. The minimum Gasteiger partial charge on any atom is -0.274 e. The van der Waals surface area contributed by atoms with Crippen molar-refractivity contribution in [1.82, 2.24) is 9.44 Å². The van der Waals surface area contributed by atoms with Gasteiger partial charge >= 0.3 is 0 Å². The normalized spacial score (nSPS) is 10.4. The Bertz CT molecular complexity index is 553. The number of hydroxylamine groups is 2. The van der Waals surface area contributed by atoms with Crippen molar-refractivity contribution in [2.45, 2.75) is 0 Å². The number of nitrogens with zero attached hydrogens (tertiary/aromatic N) is 2. The van der Waals surface area contributed by atoms with E-state index < -0.39 is 0 Å². The maximum Gasteiger partial charge on any atom is 0.296 e. The number of hydrogen-bond acceptors (Lipinski definition) is 4. The second kappa shape index (κ2) is 5.24. The van der Waals surface area contributed by atoms with Crippen LogP contribution in [0.25, 0.3) is 10.4 Å². The molecule has 0 saturated carbocycles. The molecule has 1 amide bonds. The third-order valence-corrected chi connectivity index (χ3v) is 3.26. The van der Waals surface area contributed by atoms with Gasteiger partial charge in [0.1, 0.15) is 11.5 Å². The Morgan fingerprint density at radius 2 is 2.06 bits per heavy atom. The van der Waals surface area contributed by atoms with Crippen LogP contribution in [0.5, 0.6) is 0 Å². The van der Waals surface area contributed by atoms with Crippen molar-refractivity contribution in [3.63, 3.8) is 0 Å². The minimum absolute atomic E-state index is 0.293. The quantitative estimate of drug-likeness (QED) is 0.802. The summed E-state index contributed by atoms with van der Waals surface area (Å²) in [5.74, 6) is -0.610. The van der Waals surface area contributed by atoms with Crippen molar-refractivity contribution < 1.29 is 14.0 Å². The molecule has 1 aromatic carbocycles. The molecule has 0 aliphatic rings. The average Bonchev–Trinajstić information content (AvgIpc) is 2.87. The number of hydrogen-bond donors (Lipinski definition) is 0. The van der Waals surface area contributed by atoms with E-state index in [9.17, 15) is 9.18 Å². The first-order chi connectivity index (χ1) is 8.61. The van der Waals surface area contributed by atoms with Crippen molar-refractivity contribution in [1.29, 1.82) is 0 Å². The first-order valence-corrected chi connectivity index (χ1v) is 5.94. The van der Waals surface area contributed by atoms with Crippen LogP contribution in [0.2, 0.25) is 0 Å². The second-order valence-corrected chi connectivity index (χ2v) is 4.37. The third kappa shape index (κ3) is 2.55. The second-order valence-electron chi connectivity index (χ2n) is 3.57. The fourth-order valence-electron chi connectivity index (χ4n) is 1.37. The molecule has 4 nitrogen and oxygen atoms in total. The van der Waals surface area contributed by atoms with E-state index in [2.05, 4.69) is 4.37 Å². The van der Waals surface area contributed by atoms with Gasteiger partial charge in [-0.25, -0.2) is 9.45 Å². The van der Waals surface area contributed by atoms with Gasteiger partial charge in [-0.2, -0.15) is 4.37 Å². The Balaban J connectivity index is 2.25. The Morgan fingerprint density at radius 1 is 1.39 bits per heavy atom. The van der Waals surface area contributed by atoms with Gasteiger partial charge in [-0.3, -0.25) is 9.63 Å². The van der Waals surface area contributed by atoms with Gasteiger partial charge in [-0.15, -0.1) is 0 Å². The molecular formula is C12H11FN2O2S.